The summed E-state index contributed by atoms with van der Waals surface area (Å²) in [6.45, 7) is 1.33. The molecular formula is C10H8Cl2F2O2. The molecular weight excluding hydrogens is 261 g/mol. The second-order valence-electron chi connectivity index (χ2n) is 2.92. The summed E-state index contributed by atoms with van der Waals surface area (Å²) in [4.78, 5) is 11.0. The van der Waals surface area contributed by atoms with Gasteiger partial charge in [0.25, 0.3) is 0 Å². The second kappa shape index (κ2) is 4.97. The van der Waals surface area contributed by atoms with E-state index in [1.165, 1.54) is 13.0 Å². The van der Waals surface area contributed by atoms with Crippen molar-refractivity contribution in [2.45, 2.75) is 12.8 Å². The van der Waals surface area contributed by atoms with Crippen molar-refractivity contribution in [3.63, 3.8) is 0 Å². The molecule has 0 N–H and O–H groups in total. The number of carbonyl (C=O) groups excluding carboxylic acids is 1. The van der Waals surface area contributed by atoms with E-state index in [0.717, 1.165) is 12.1 Å². The summed E-state index contributed by atoms with van der Waals surface area (Å²) >= 11 is 11.2. The van der Waals surface area contributed by atoms with Gasteiger partial charge in [0.15, 0.2) is 0 Å². The molecule has 0 aliphatic rings. The third kappa shape index (κ3) is 2.62. The molecule has 0 bridgehead atoms. The van der Waals surface area contributed by atoms with Crippen LogP contribution in [0.2, 0.25) is 10.0 Å². The minimum atomic E-state index is -3.72. The van der Waals surface area contributed by atoms with Crippen molar-refractivity contribution >= 4 is 29.2 Å². The quantitative estimate of drug-likeness (QED) is 0.783. The van der Waals surface area contributed by atoms with Gasteiger partial charge in [0.1, 0.15) is 0 Å². The van der Waals surface area contributed by atoms with Crippen molar-refractivity contribution in [2.75, 3.05) is 6.61 Å². The van der Waals surface area contributed by atoms with Crippen molar-refractivity contribution in [3.05, 3.63) is 33.8 Å². The van der Waals surface area contributed by atoms with Crippen LogP contribution in [-0.4, -0.2) is 12.6 Å². The maximum absolute atomic E-state index is 13.5. The summed E-state index contributed by atoms with van der Waals surface area (Å²) < 4.78 is 31.2. The SMILES string of the molecule is CCOC(=O)C(F)(F)c1ccc(Cl)c(Cl)c1. The molecule has 0 spiro atoms. The second-order valence-corrected chi connectivity index (χ2v) is 3.74. The number of halogens is 4. The molecule has 2 nitrogen and oxygen atoms in total. The molecule has 0 aliphatic heterocycles. The Kier molecular flexibility index (Phi) is 4.10. The number of hydrogen-bond acceptors (Lipinski definition) is 2. The molecule has 0 amide bonds. The molecule has 1 aromatic carbocycles. The number of esters is 1. The van der Waals surface area contributed by atoms with E-state index in [2.05, 4.69) is 4.74 Å². The van der Waals surface area contributed by atoms with Crippen molar-refractivity contribution in [1.29, 1.82) is 0 Å². The molecule has 0 fully saturated rings. The number of ether oxygens (including phenoxy) is 1. The predicted molar refractivity (Wildman–Crippen MR) is 57.0 cm³/mol. The van der Waals surface area contributed by atoms with Gasteiger partial charge in [-0.3, -0.25) is 0 Å². The lowest BCUT2D eigenvalue weighted by molar-refractivity contribution is -0.173. The Morgan fingerprint density at radius 1 is 1.38 bits per heavy atom. The highest BCUT2D eigenvalue weighted by atomic mass is 35.5. The zero-order chi connectivity index (χ0) is 12.3. The first-order valence-corrected chi connectivity index (χ1v) is 5.15. The van der Waals surface area contributed by atoms with Gasteiger partial charge in [-0.15, -0.1) is 0 Å². The van der Waals surface area contributed by atoms with E-state index in [1.807, 2.05) is 0 Å². The van der Waals surface area contributed by atoms with Crippen LogP contribution in [0.1, 0.15) is 12.5 Å². The molecule has 88 valence electrons. The van der Waals surface area contributed by atoms with Crippen molar-refractivity contribution in [1.82, 2.24) is 0 Å². The minimum Gasteiger partial charge on any atom is -0.461 e. The van der Waals surface area contributed by atoms with Gasteiger partial charge < -0.3 is 4.74 Å². The lowest BCUT2D eigenvalue weighted by atomic mass is 10.1. The standard InChI is InChI=1S/C10H8Cl2F2O2/c1-2-16-9(15)10(13,14)6-3-4-7(11)8(12)5-6/h3-5H,2H2,1H3. The normalized spacial score (nSPS) is 11.3. The highest BCUT2D eigenvalue weighted by Crippen LogP contribution is 2.33. The van der Waals surface area contributed by atoms with Crippen LogP contribution in [-0.2, 0) is 15.5 Å². The lowest BCUT2D eigenvalue weighted by Crippen LogP contribution is -2.28. The van der Waals surface area contributed by atoms with Crippen LogP contribution in [0.3, 0.4) is 0 Å². The number of carbonyl (C=O) groups is 1. The van der Waals surface area contributed by atoms with E-state index in [9.17, 15) is 13.6 Å². The smallest absolute Gasteiger partial charge is 0.381 e. The van der Waals surface area contributed by atoms with Gasteiger partial charge in [-0.2, -0.15) is 8.78 Å². The van der Waals surface area contributed by atoms with Gasteiger partial charge in [0.05, 0.1) is 16.7 Å². The summed E-state index contributed by atoms with van der Waals surface area (Å²) in [5.41, 5.74) is -0.541. The molecule has 0 saturated carbocycles. The molecule has 0 radical (unpaired) electrons. The van der Waals surface area contributed by atoms with E-state index < -0.39 is 17.5 Å². The van der Waals surface area contributed by atoms with Gasteiger partial charge in [-0.05, 0) is 19.1 Å². The van der Waals surface area contributed by atoms with Gasteiger partial charge in [-0.1, -0.05) is 29.3 Å². The molecule has 0 atom stereocenters. The predicted octanol–water partition coefficient (Wildman–Crippen LogP) is 3.65. The molecule has 0 aromatic heterocycles. The molecule has 0 heterocycles. The average molecular weight is 269 g/mol. The third-order valence-electron chi connectivity index (χ3n) is 1.81. The maximum Gasteiger partial charge on any atom is 0.381 e. The Bertz CT molecular complexity index is 408. The lowest BCUT2D eigenvalue weighted by Gasteiger charge is -2.15. The van der Waals surface area contributed by atoms with E-state index in [-0.39, 0.29) is 16.7 Å². The topological polar surface area (TPSA) is 26.3 Å². The van der Waals surface area contributed by atoms with Gasteiger partial charge in [0, 0.05) is 5.56 Å². The fourth-order valence-corrected chi connectivity index (χ4v) is 1.33. The van der Waals surface area contributed by atoms with Crippen molar-refractivity contribution in [2.24, 2.45) is 0 Å². The highest BCUT2D eigenvalue weighted by molar-refractivity contribution is 6.42. The van der Waals surface area contributed by atoms with E-state index in [1.54, 1.807) is 0 Å². The minimum absolute atomic E-state index is 0.0388. The molecule has 0 aliphatic carbocycles. The van der Waals surface area contributed by atoms with Gasteiger partial charge in [0.2, 0.25) is 0 Å². The van der Waals surface area contributed by atoms with Crippen LogP contribution in [0.25, 0.3) is 0 Å². The van der Waals surface area contributed by atoms with Gasteiger partial charge in [-0.25, -0.2) is 4.79 Å². The van der Waals surface area contributed by atoms with Crippen LogP contribution in [0.4, 0.5) is 8.78 Å². The zero-order valence-electron chi connectivity index (χ0n) is 8.27. The summed E-state index contributed by atoms with van der Waals surface area (Å²) in [6, 6.07) is 3.18. The number of rotatable bonds is 3. The highest BCUT2D eigenvalue weighted by Gasteiger charge is 2.42. The maximum atomic E-state index is 13.5. The fraction of sp³-hybridized carbons (Fsp3) is 0.300. The van der Waals surface area contributed by atoms with Crippen LogP contribution < -0.4 is 0 Å². The Labute approximate surface area is 101 Å². The van der Waals surface area contributed by atoms with Crippen molar-refractivity contribution < 1.29 is 18.3 Å². The monoisotopic (exact) mass is 268 g/mol. The van der Waals surface area contributed by atoms with E-state index >= 15 is 0 Å². The Balaban J connectivity index is 3.06. The summed E-state index contributed by atoms with van der Waals surface area (Å²) in [5, 5.41) is 0.105. The average Bonchev–Trinajstić information content (AvgIpc) is 2.22. The molecule has 1 rings (SSSR count). The zero-order valence-corrected chi connectivity index (χ0v) is 9.78. The fourth-order valence-electron chi connectivity index (χ4n) is 1.03. The molecule has 6 heteroatoms. The molecule has 0 saturated heterocycles. The number of hydrogen-bond donors (Lipinski definition) is 0. The third-order valence-corrected chi connectivity index (χ3v) is 2.55. The number of alkyl halides is 2. The molecule has 0 unspecified atom stereocenters. The first-order chi connectivity index (χ1) is 7.39. The summed E-state index contributed by atoms with van der Waals surface area (Å²) in [5.74, 6) is -5.32. The molecule has 16 heavy (non-hydrogen) atoms. The first-order valence-electron chi connectivity index (χ1n) is 4.40. The van der Waals surface area contributed by atoms with Crippen LogP contribution in [0, 0.1) is 0 Å². The van der Waals surface area contributed by atoms with Crippen LogP contribution in [0.5, 0.6) is 0 Å². The van der Waals surface area contributed by atoms with Crippen LogP contribution >= 0.6 is 23.2 Å². The van der Waals surface area contributed by atoms with Gasteiger partial charge >= 0.3 is 11.9 Å². The molecule has 1 aromatic rings. The Morgan fingerprint density at radius 2 is 2.00 bits per heavy atom. The van der Waals surface area contributed by atoms with E-state index in [4.69, 9.17) is 23.2 Å². The number of benzene rings is 1. The Hall–Kier alpha value is -0.870. The van der Waals surface area contributed by atoms with Crippen molar-refractivity contribution in [3.8, 4) is 0 Å². The van der Waals surface area contributed by atoms with Crippen LogP contribution in [0.15, 0.2) is 18.2 Å². The Morgan fingerprint density at radius 3 is 2.50 bits per heavy atom. The first kappa shape index (κ1) is 13.2. The summed E-state index contributed by atoms with van der Waals surface area (Å²) in [6.07, 6.45) is 0. The van der Waals surface area contributed by atoms with E-state index in [0.29, 0.717) is 0 Å². The largest absolute Gasteiger partial charge is 0.461 e. The summed E-state index contributed by atoms with van der Waals surface area (Å²) in [7, 11) is 0.